The summed E-state index contributed by atoms with van der Waals surface area (Å²) in [6.07, 6.45) is 5.34. The Hall–Kier alpha value is -0.0361. The molecule has 1 fully saturated rings. The average molecular weight is 480 g/mol. The Morgan fingerprint density at radius 3 is 2.71 bits per heavy atom. The largest absolute Gasteiger partial charge is 0.463 e. The minimum absolute atomic E-state index is 0. The van der Waals surface area contributed by atoms with Gasteiger partial charge in [0.1, 0.15) is 17.6 Å². The first-order valence-electron chi connectivity index (χ1n) is 10.2. The predicted octanol–water partition coefficient (Wildman–Crippen LogP) is 4.60. The number of thiophene rings is 1. The summed E-state index contributed by atoms with van der Waals surface area (Å²) in [6, 6.07) is 7.71. The third-order valence-corrected chi connectivity index (χ3v) is 6.58. The van der Waals surface area contributed by atoms with Crippen LogP contribution in [-0.4, -0.2) is 27.5 Å². The summed E-state index contributed by atoms with van der Waals surface area (Å²) in [6.45, 7) is 2.14. The maximum absolute atomic E-state index is 10.5. The van der Waals surface area contributed by atoms with E-state index in [1.807, 2.05) is 18.2 Å². The molecule has 28 heavy (non-hydrogen) atoms. The average Bonchev–Trinajstić information content (AvgIpc) is 3.37. The summed E-state index contributed by atoms with van der Waals surface area (Å²) in [5, 5.41) is 34.4. The van der Waals surface area contributed by atoms with E-state index >= 15 is 0 Å². The summed E-state index contributed by atoms with van der Waals surface area (Å²) < 4.78 is 5.94. The maximum atomic E-state index is 10.5. The molecule has 2 aromatic rings. The molecule has 0 aliphatic heterocycles. The van der Waals surface area contributed by atoms with Gasteiger partial charge in [0.05, 0.1) is 12.2 Å². The maximum Gasteiger partial charge on any atom is 0.132 e. The summed E-state index contributed by atoms with van der Waals surface area (Å²) >= 11 is 1.64. The van der Waals surface area contributed by atoms with Crippen molar-refractivity contribution in [3.05, 3.63) is 46.0 Å². The molecule has 0 bridgehead atoms. The van der Waals surface area contributed by atoms with Gasteiger partial charge in [-0.15, -0.1) is 10.3 Å². The molecular weight excluding hydrogens is 449 g/mol. The van der Waals surface area contributed by atoms with E-state index in [1.165, 1.54) is 4.88 Å². The fourth-order valence-corrected chi connectivity index (χ4v) is 4.91. The molecule has 3 unspecified atom stereocenters. The van der Waals surface area contributed by atoms with Gasteiger partial charge >= 0.3 is 0 Å². The molecule has 153 valence electrons. The zero-order valence-corrected chi connectivity index (χ0v) is 20.2. The first kappa shape index (κ1) is 24.2. The zero-order valence-electron chi connectivity index (χ0n) is 16.6. The predicted molar refractivity (Wildman–Crippen MR) is 107 cm³/mol. The minimum atomic E-state index is -0.601. The standard InChI is InChI=1S/C22H31O4S.Y/c1-2-3-4-10-17(23)20-11-12-21(26-20)22-16(18(24)14-19(22)25)9-5-7-15-8-6-13-27-15;/h6,8,11-12,16-19,22-25H,2-5,7,9-10,14H2,1H3;/q-1;/t16?,17?,18-,19-,22?;/m1./s1. The summed E-state index contributed by atoms with van der Waals surface area (Å²) in [5.74, 6) is 1.05. The van der Waals surface area contributed by atoms with Gasteiger partial charge in [0, 0.05) is 45.0 Å². The van der Waals surface area contributed by atoms with Crippen LogP contribution in [0.3, 0.4) is 0 Å². The third-order valence-electron chi connectivity index (χ3n) is 5.73. The molecule has 0 saturated heterocycles. The van der Waals surface area contributed by atoms with Gasteiger partial charge in [-0.05, 0) is 30.9 Å². The summed E-state index contributed by atoms with van der Waals surface area (Å²) in [7, 11) is 0. The van der Waals surface area contributed by atoms with E-state index in [-0.39, 0.29) is 44.5 Å². The van der Waals surface area contributed by atoms with E-state index in [4.69, 9.17) is 4.42 Å². The van der Waals surface area contributed by atoms with Crippen molar-refractivity contribution in [1.29, 1.82) is 0 Å². The number of aliphatic hydroxyl groups excluding tert-OH is 3. The summed E-state index contributed by atoms with van der Waals surface area (Å²) in [5.41, 5.74) is 0. The van der Waals surface area contributed by atoms with E-state index in [2.05, 4.69) is 18.4 Å². The fraction of sp³-hybridized carbons (Fsp3) is 0.636. The Morgan fingerprint density at radius 1 is 1.18 bits per heavy atom. The molecule has 1 aliphatic carbocycles. The Kier molecular flexibility index (Phi) is 10.4. The molecule has 6 heteroatoms. The first-order valence-corrected chi connectivity index (χ1v) is 11.0. The van der Waals surface area contributed by atoms with Crippen molar-refractivity contribution in [2.24, 2.45) is 5.92 Å². The van der Waals surface area contributed by atoms with Gasteiger partial charge in [0.25, 0.3) is 0 Å². The van der Waals surface area contributed by atoms with Crippen LogP contribution in [-0.2, 0) is 39.1 Å². The Balaban J connectivity index is 0.00000280. The number of unbranched alkanes of at least 4 members (excludes halogenated alkanes) is 2. The molecule has 0 amide bonds. The van der Waals surface area contributed by atoms with Crippen LogP contribution in [0.25, 0.3) is 0 Å². The Labute approximate surface area is 197 Å². The number of rotatable bonds is 10. The van der Waals surface area contributed by atoms with Crippen molar-refractivity contribution in [3.63, 3.8) is 0 Å². The van der Waals surface area contributed by atoms with Crippen LogP contribution in [0.1, 0.15) is 80.3 Å². The molecule has 5 atom stereocenters. The number of hydrogen-bond acceptors (Lipinski definition) is 5. The first-order chi connectivity index (χ1) is 13.1. The van der Waals surface area contributed by atoms with Crippen LogP contribution in [0.5, 0.6) is 0 Å². The second kappa shape index (κ2) is 12.0. The zero-order chi connectivity index (χ0) is 19.2. The molecule has 2 aromatic heterocycles. The quantitative estimate of drug-likeness (QED) is 0.343. The molecule has 1 saturated carbocycles. The van der Waals surface area contributed by atoms with Crippen molar-refractivity contribution in [2.75, 3.05) is 0 Å². The van der Waals surface area contributed by atoms with Crippen molar-refractivity contribution < 1.29 is 52.4 Å². The Bertz CT molecular complexity index is 672. The molecule has 1 aliphatic rings. The van der Waals surface area contributed by atoms with Gasteiger partial charge in [-0.1, -0.05) is 39.0 Å². The molecule has 2 heterocycles. The second-order valence-electron chi connectivity index (χ2n) is 7.72. The van der Waals surface area contributed by atoms with E-state index < -0.39 is 18.3 Å². The van der Waals surface area contributed by atoms with Crippen LogP contribution in [0, 0.1) is 11.3 Å². The number of aliphatic hydroxyl groups is 3. The fourth-order valence-electron chi connectivity index (χ4n) is 4.24. The van der Waals surface area contributed by atoms with Gasteiger partial charge < -0.3 is 31.1 Å². The smallest absolute Gasteiger partial charge is 0.132 e. The molecule has 0 aromatic carbocycles. The van der Waals surface area contributed by atoms with Crippen LogP contribution in [0.15, 0.2) is 28.7 Å². The second-order valence-corrected chi connectivity index (χ2v) is 8.69. The third kappa shape index (κ3) is 6.23. The van der Waals surface area contributed by atoms with Crippen LogP contribution in [0.2, 0.25) is 0 Å². The minimum Gasteiger partial charge on any atom is -0.463 e. The van der Waals surface area contributed by atoms with Gasteiger partial charge in [-0.3, -0.25) is 0 Å². The van der Waals surface area contributed by atoms with E-state index in [0.717, 1.165) is 38.5 Å². The normalized spacial score (nSPS) is 25.6. The molecular formula is C22H31O4SY-. The SMILES string of the molecule is CCCCCC(O)c1ccc(C2C(CCCc3cc[c-]s3)[C@H](O)C[C@H]2O)o1.[Y]. The summed E-state index contributed by atoms with van der Waals surface area (Å²) in [4.78, 5) is 1.30. The van der Waals surface area contributed by atoms with Crippen molar-refractivity contribution >= 4 is 11.3 Å². The molecule has 0 spiro atoms. The molecule has 3 rings (SSSR count). The van der Waals surface area contributed by atoms with E-state index in [9.17, 15) is 15.3 Å². The number of hydrogen-bond donors (Lipinski definition) is 3. The van der Waals surface area contributed by atoms with Gasteiger partial charge in [-0.2, -0.15) is 6.07 Å². The van der Waals surface area contributed by atoms with E-state index in [1.54, 1.807) is 11.3 Å². The molecule has 4 nitrogen and oxygen atoms in total. The molecule has 1 radical (unpaired) electrons. The van der Waals surface area contributed by atoms with Gasteiger partial charge in [0.15, 0.2) is 0 Å². The monoisotopic (exact) mass is 480 g/mol. The van der Waals surface area contributed by atoms with Gasteiger partial charge in [0.2, 0.25) is 0 Å². The van der Waals surface area contributed by atoms with Crippen molar-refractivity contribution in [1.82, 2.24) is 0 Å². The van der Waals surface area contributed by atoms with Crippen LogP contribution < -0.4 is 0 Å². The Morgan fingerprint density at radius 2 is 2.00 bits per heavy atom. The number of aryl methyl sites for hydroxylation is 1. The van der Waals surface area contributed by atoms with E-state index in [0.29, 0.717) is 24.4 Å². The molecule has 3 N–H and O–H groups in total. The van der Waals surface area contributed by atoms with Gasteiger partial charge in [-0.25, -0.2) is 6.07 Å². The topological polar surface area (TPSA) is 73.8 Å². The van der Waals surface area contributed by atoms with Crippen molar-refractivity contribution in [2.45, 2.75) is 82.5 Å². The van der Waals surface area contributed by atoms with Crippen molar-refractivity contribution in [3.8, 4) is 0 Å². The number of furan rings is 1. The van der Waals surface area contributed by atoms with Crippen LogP contribution >= 0.6 is 11.3 Å². The van der Waals surface area contributed by atoms with Crippen LogP contribution in [0.4, 0.5) is 0 Å².